The number of nitrogens with two attached hydrogens (primary N) is 2. The highest BCUT2D eigenvalue weighted by Crippen LogP contribution is 2.27. The van der Waals surface area contributed by atoms with E-state index in [9.17, 15) is 4.79 Å². The summed E-state index contributed by atoms with van der Waals surface area (Å²) in [5, 5.41) is 8.81. The van der Waals surface area contributed by atoms with E-state index >= 15 is 0 Å². The van der Waals surface area contributed by atoms with Gasteiger partial charge in [-0.2, -0.15) is 5.26 Å². The van der Waals surface area contributed by atoms with Crippen LogP contribution >= 0.6 is 0 Å². The summed E-state index contributed by atoms with van der Waals surface area (Å²) in [6, 6.07) is 13.2. The molecular formula is C14H11N3O2. The fourth-order valence-corrected chi connectivity index (χ4v) is 1.59. The number of hydrogen-bond acceptors (Lipinski definition) is 4. The summed E-state index contributed by atoms with van der Waals surface area (Å²) in [5.41, 5.74) is 12.0. The van der Waals surface area contributed by atoms with Gasteiger partial charge >= 0.3 is 0 Å². The maximum absolute atomic E-state index is 11.3. The fourth-order valence-electron chi connectivity index (χ4n) is 1.59. The van der Waals surface area contributed by atoms with Crippen molar-refractivity contribution in [3.05, 3.63) is 53.6 Å². The van der Waals surface area contributed by atoms with Gasteiger partial charge in [-0.25, -0.2) is 0 Å². The summed E-state index contributed by atoms with van der Waals surface area (Å²) in [4.78, 5) is 11.3. The molecule has 0 bridgehead atoms. The number of rotatable bonds is 3. The van der Waals surface area contributed by atoms with Gasteiger partial charge in [-0.05, 0) is 36.4 Å². The summed E-state index contributed by atoms with van der Waals surface area (Å²) >= 11 is 0. The van der Waals surface area contributed by atoms with Crippen molar-refractivity contribution < 1.29 is 9.53 Å². The Balaban J connectivity index is 2.38. The first-order valence-corrected chi connectivity index (χ1v) is 5.47. The summed E-state index contributed by atoms with van der Waals surface area (Å²) in [5.74, 6) is 0.127. The number of ether oxygens (including phenoxy) is 1. The largest absolute Gasteiger partial charge is 0.456 e. The lowest BCUT2D eigenvalue weighted by atomic mass is 10.1. The van der Waals surface area contributed by atoms with Crippen molar-refractivity contribution >= 4 is 11.6 Å². The molecule has 2 aromatic carbocycles. The highest BCUT2D eigenvalue weighted by atomic mass is 16.5. The number of benzene rings is 2. The number of hydrogen-bond donors (Lipinski definition) is 2. The molecule has 0 aliphatic heterocycles. The van der Waals surface area contributed by atoms with E-state index in [4.69, 9.17) is 21.5 Å². The van der Waals surface area contributed by atoms with Crippen molar-refractivity contribution in [3.8, 4) is 17.6 Å². The third kappa shape index (κ3) is 2.82. The molecular weight excluding hydrogens is 242 g/mol. The van der Waals surface area contributed by atoms with Crippen LogP contribution in [0.4, 0.5) is 5.69 Å². The molecule has 5 heteroatoms. The Morgan fingerprint density at radius 1 is 1.21 bits per heavy atom. The lowest BCUT2D eigenvalue weighted by molar-refractivity contribution is 0.0998. The van der Waals surface area contributed by atoms with Crippen LogP contribution in [0.3, 0.4) is 0 Å². The van der Waals surface area contributed by atoms with Gasteiger partial charge in [0.2, 0.25) is 0 Å². The van der Waals surface area contributed by atoms with E-state index in [1.807, 2.05) is 6.07 Å². The van der Waals surface area contributed by atoms with Gasteiger partial charge in [0, 0.05) is 5.69 Å². The van der Waals surface area contributed by atoms with Crippen molar-refractivity contribution in [1.82, 2.24) is 0 Å². The summed E-state index contributed by atoms with van der Waals surface area (Å²) in [6.45, 7) is 0. The van der Waals surface area contributed by atoms with E-state index in [0.717, 1.165) is 0 Å². The van der Waals surface area contributed by atoms with Gasteiger partial charge in [0.15, 0.2) is 0 Å². The average molecular weight is 253 g/mol. The first kappa shape index (κ1) is 12.5. The highest BCUT2D eigenvalue weighted by molar-refractivity contribution is 5.96. The second-order valence-electron chi connectivity index (χ2n) is 3.86. The van der Waals surface area contributed by atoms with Crippen LogP contribution in [0, 0.1) is 11.3 Å². The Hall–Kier alpha value is -3.00. The SMILES string of the molecule is N#Cc1cccc(Oc2ccc(N)cc2C(N)=O)c1. The summed E-state index contributed by atoms with van der Waals surface area (Å²) in [7, 11) is 0. The quantitative estimate of drug-likeness (QED) is 0.817. The van der Waals surface area contributed by atoms with Crippen LogP contribution in [-0.2, 0) is 0 Å². The number of carbonyl (C=O) groups excluding carboxylic acids is 1. The van der Waals surface area contributed by atoms with Gasteiger partial charge in [0.05, 0.1) is 17.2 Å². The van der Waals surface area contributed by atoms with E-state index in [1.165, 1.54) is 6.07 Å². The van der Waals surface area contributed by atoms with Gasteiger partial charge in [-0.1, -0.05) is 6.07 Å². The molecule has 0 saturated carbocycles. The van der Waals surface area contributed by atoms with Crippen LogP contribution in [0.1, 0.15) is 15.9 Å². The van der Waals surface area contributed by atoms with Gasteiger partial charge in [-0.15, -0.1) is 0 Å². The fraction of sp³-hybridized carbons (Fsp3) is 0. The normalized spacial score (nSPS) is 9.63. The Kier molecular flexibility index (Phi) is 3.35. The zero-order valence-electron chi connectivity index (χ0n) is 9.96. The molecule has 0 unspecified atom stereocenters. The van der Waals surface area contributed by atoms with Crippen LogP contribution < -0.4 is 16.2 Å². The standard InChI is InChI=1S/C14H11N3O2/c15-8-9-2-1-3-11(6-9)19-13-5-4-10(16)7-12(13)14(17)18/h1-7H,16H2,(H2,17,18). The first-order valence-electron chi connectivity index (χ1n) is 5.47. The maximum Gasteiger partial charge on any atom is 0.252 e. The first-order chi connectivity index (χ1) is 9.10. The number of anilines is 1. The van der Waals surface area contributed by atoms with Gasteiger partial charge < -0.3 is 16.2 Å². The number of nitriles is 1. The molecule has 0 aliphatic rings. The average Bonchev–Trinajstić information content (AvgIpc) is 2.41. The third-order valence-electron chi connectivity index (χ3n) is 2.46. The van der Waals surface area contributed by atoms with E-state index < -0.39 is 5.91 Å². The van der Waals surface area contributed by atoms with Crippen molar-refractivity contribution in [2.75, 3.05) is 5.73 Å². The number of nitrogen functional groups attached to an aromatic ring is 1. The summed E-state index contributed by atoms with van der Waals surface area (Å²) < 4.78 is 5.56. The maximum atomic E-state index is 11.3. The summed E-state index contributed by atoms with van der Waals surface area (Å²) in [6.07, 6.45) is 0. The lowest BCUT2D eigenvalue weighted by Crippen LogP contribution is -2.12. The van der Waals surface area contributed by atoms with E-state index in [2.05, 4.69) is 0 Å². The molecule has 0 spiro atoms. The Morgan fingerprint density at radius 3 is 2.68 bits per heavy atom. The minimum absolute atomic E-state index is 0.197. The smallest absolute Gasteiger partial charge is 0.252 e. The number of nitrogens with zero attached hydrogens (tertiary/aromatic N) is 1. The topological polar surface area (TPSA) is 102 Å². The molecule has 0 aromatic heterocycles. The molecule has 19 heavy (non-hydrogen) atoms. The Morgan fingerprint density at radius 2 is 2.00 bits per heavy atom. The van der Waals surface area contributed by atoms with Crippen LogP contribution in [0.2, 0.25) is 0 Å². The Labute approximate surface area is 110 Å². The molecule has 0 saturated heterocycles. The molecule has 0 heterocycles. The predicted octanol–water partition coefficient (Wildman–Crippen LogP) is 2.03. The highest BCUT2D eigenvalue weighted by Gasteiger charge is 2.11. The van der Waals surface area contributed by atoms with Gasteiger partial charge in [0.1, 0.15) is 11.5 Å². The van der Waals surface area contributed by atoms with E-state index in [1.54, 1.807) is 36.4 Å². The van der Waals surface area contributed by atoms with Gasteiger partial charge in [0.25, 0.3) is 5.91 Å². The van der Waals surface area contributed by atoms with E-state index in [0.29, 0.717) is 22.7 Å². The molecule has 0 aliphatic carbocycles. The van der Waals surface area contributed by atoms with Crippen LogP contribution in [0.25, 0.3) is 0 Å². The zero-order valence-corrected chi connectivity index (χ0v) is 9.96. The predicted molar refractivity (Wildman–Crippen MR) is 70.6 cm³/mol. The zero-order chi connectivity index (χ0) is 13.8. The molecule has 2 aromatic rings. The second-order valence-corrected chi connectivity index (χ2v) is 3.86. The molecule has 1 amide bonds. The van der Waals surface area contributed by atoms with Crippen molar-refractivity contribution in [3.63, 3.8) is 0 Å². The molecule has 4 N–H and O–H groups in total. The third-order valence-corrected chi connectivity index (χ3v) is 2.46. The van der Waals surface area contributed by atoms with Crippen LogP contribution in [0.15, 0.2) is 42.5 Å². The van der Waals surface area contributed by atoms with Crippen molar-refractivity contribution in [2.24, 2.45) is 5.73 Å². The lowest BCUT2D eigenvalue weighted by Gasteiger charge is -2.10. The van der Waals surface area contributed by atoms with Crippen LogP contribution in [-0.4, -0.2) is 5.91 Å². The molecule has 0 atom stereocenters. The van der Waals surface area contributed by atoms with Crippen LogP contribution in [0.5, 0.6) is 11.5 Å². The number of amides is 1. The molecule has 2 rings (SSSR count). The van der Waals surface area contributed by atoms with E-state index in [-0.39, 0.29) is 5.56 Å². The Bertz CT molecular complexity index is 675. The minimum Gasteiger partial charge on any atom is -0.456 e. The van der Waals surface area contributed by atoms with Crippen molar-refractivity contribution in [2.45, 2.75) is 0 Å². The number of carbonyl (C=O) groups is 1. The second kappa shape index (κ2) is 5.10. The molecule has 0 fully saturated rings. The minimum atomic E-state index is -0.626. The molecule has 94 valence electrons. The van der Waals surface area contributed by atoms with Crippen molar-refractivity contribution in [1.29, 1.82) is 5.26 Å². The van der Waals surface area contributed by atoms with Gasteiger partial charge in [-0.3, -0.25) is 4.79 Å². The molecule has 0 radical (unpaired) electrons. The number of primary amides is 1. The monoisotopic (exact) mass is 253 g/mol. The molecule has 5 nitrogen and oxygen atoms in total.